The quantitative estimate of drug-likeness (QED) is 0.680. The van der Waals surface area contributed by atoms with E-state index in [-0.39, 0.29) is 11.9 Å². The molecule has 11 heavy (non-hydrogen) atoms. The van der Waals surface area contributed by atoms with E-state index in [0.717, 1.165) is 5.33 Å². The summed E-state index contributed by atoms with van der Waals surface area (Å²) in [5.41, 5.74) is 10.7. The van der Waals surface area contributed by atoms with Crippen LogP contribution in [-0.4, -0.2) is 20.3 Å². The summed E-state index contributed by atoms with van der Waals surface area (Å²) < 4.78 is 0. The fourth-order valence-corrected chi connectivity index (χ4v) is 1.01. The summed E-state index contributed by atoms with van der Waals surface area (Å²) in [6.07, 6.45) is 0.705. The number of hydrogen-bond donors (Lipinski definition) is 2. The van der Waals surface area contributed by atoms with Crippen LogP contribution in [0, 0.1) is 0 Å². The summed E-state index contributed by atoms with van der Waals surface area (Å²) in [4.78, 5) is 11.4. The molecule has 6 heteroatoms. The van der Waals surface area contributed by atoms with Crippen LogP contribution in [0.5, 0.6) is 0 Å². The molecule has 0 radical (unpaired) electrons. The highest BCUT2D eigenvalue weighted by Crippen LogP contribution is 2.00. The number of nitrogen functional groups attached to an aromatic ring is 2. The maximum absolute atomic E-state index is 5.33. The van der Waals surface area contributed by atoms with Crippen molar-refractivity contribution in [2.75, 3.05) is 16.8 Å². The van der Waals surface area contributed by atoms with Gasteiger partial charge in [-0.15, -0.1) is 0 Å². The van der Waals surface area contributed by atoms with Gasteiger partial charge >= 0.3 is 0 Å². The molecule has 0 spiro atoms. The lowest BCUT2D eigenvalue weighted by atomic mass is 10.4. The van der Waals surface area contributed by atoms with Gasteiger partial charge in [0, 0.05) is 11.8 Å². The van der Waals surface area contributed by atoms with Gasteiger partial charge in [0.05, 0.1) is 0 Å². The number of nitrogens with zero attached hydrogens (tertiary/aromatic N) is 3. The minimum atomic E-state index is 0.174. The number of aromatic nitrogens is 3. The molecule has 0 atom stereocenters. The summed E-state index contributed by atoms with van der Waals surface area (Å²) in [7, 11) is 0. The van der Waals surface area contributed by atoms with Crippen molar-refractivity contribution in [3.8, 4) is 0 Å². The lowest BCUT2D eigenvalue weighted by Crippen LogP contribution is -2.06. The lowest BCUT2D eigenvalue weighted by molar-refractivity contribution is 0.926. The highest BCUT2D eigenvalue weighted by atomic mass is 79.9. The van der Waals surface area contributed by atoms with Gasteiger partial charge in [-0.25, -0.2) is 0 Å². The van der Waals surface area contributed by atoms with Gasteiger partial charge in [0.1, 0.15) is 5.82 Å². The number of halogens is 1. The van der Waals surface area contributed by atoms with Crippen molar-refractivity contribution in [1.29, 1.82) is 0 Å². The Balaban J connectivity index is 2.89. The number of hydrogen-bond acceptors (Lipinski definition) is 5. The summed E-state index contributed by atoms with van der Waals surface area (Å²) in [6, 6.07) is 0. The van der Waals surface area contributed by atoms with Crippen LogP contribution >= 0.6 is 15.9 Å². The van der Waals surface area contributed by atoms with E-state index >= 15 is 0 Å². The predicted octanol–water partition coefficient (Wildman–Crippen LogP) is -0.0266. The van der Waals surface area contributed by atoms with Crippen LogP contribution in [0.15, 0.2) is 0 Å². The monoisotopic (exact) mass is 217 g/mol. The molecule has 1 aromatic heterocycles. The molecule has 0 aliphatic rings. The minimum absolute atomic E-state index is 0.174. The summed E-state index contributed by atoms with van der Waals surface area (Å²) in [6.45, 7) is 0. The maximum atomic E-state index is 5.33. The third kappa shape index (κ3) is 2.30. The second kappa shape index (κ2) is 3.47. The second-order valence-corrected chi connectivity index (χ2v) is 2.70. The van der Waals surface area contributed by atoms with Gasteiger partial charge in [-0.05, 0) is 0 Å². The van der Waals surface area contributed by atoms with E-state index in [1.165, 1.54) is 0 Å². The molecule has 0 aromatic carbocycles. The van der Waals surface area contributed by atoms with Crippen LogP contribution < -0.4 is 11.5 Å². The minimum Gasteiger partial charge on any atom is -0.368 e. The average molecular weight is 218 g/mol. The lowest BCUT2D eigenvalue weighted by Gasteiger charge is -1.98. The van der Waals surface area contributed by atoms with E-state index in [1.807, 2.05) is 0 Å². The molecule has 0 amide bonds. The molecular formula is C5H8BrN5. The largest absolute Gasteiger partial charge is 0.368 e. The van der Waals surface area contributed by atoms with Gasteiger partial charge in [0.25, 0.3) is 0 Å². The molecule has 1 heterocycles. The number of rotatable bonds is 2. The molecule has 4 N–H and O–H groups in total. The zero-order valence-corrected chi connectivity index (χ0v) is 7.37. The van der Waals surface area contributed by atoms with E-state index < -0.39 is 0 Å². The molecule has 0 unspecified atom stereocenters. The fraction of sp³-hybridized carbons (Fsp3) is 0.400. The number of nitrogens with two attached hydrogens (primary N) is 2. The molecule has 0 bridgehead atoms. The molecule has 1 aromatic rings. The Bertz CT molecular complexity index is 230. The first-order valence-electron chi connectivity index (χ1n) is 3.04. The first kappa shape index (κ1) is 8.19. The van der Waals surface area contributed by atoms with E-state index in [1.54, 1.807) is 0 Å². The van der Waals surface area contributed by atoms with E-state index in [4.69, 9.17) is 11.5 Å². The van der Waals surface area contributed by atoms with Crippen LogP contribution in [0.3, 0.4) is 0 Å². The summed E-state index contributed by atoms with van der Waals surface area (Å²) in [5, 5.41) is 0.788. The summed E-state index contributed by atoms with van der Waals surface area (Å²) >= 11 is 3.25. The molecular weight excluding hydrogens is 210 g/mol. The SMILES string of the molecule is Nc1nc(N)nc(CCBr)n1. The molecule has 0 saturated carbocycles. The highest BCUT2D eigenvalue weighted by molar-refractivity contribution is 9.09. The fourth-order valence-electron chi connectivity index (χ4n) is 0.653. The molecule has 0 aliphatic carbocycles. The predicted molar refractivity (Wildman–Crippen MR) is 46.1 cm³/mol. The zero-order chi connectivity index (χ0) is 8.27. The Morgan fingerprint density at radius 1 is 1.09 bits per heavy atom. The third-order valence-corrected chi connectivity index (χ3v) is 1.43. The second-order valence-electron chi connectivity index (χ2n) is 1.91. The van der Waals surface area contributed by atoms with Gasteiger partial charge in [-0.3, -0.25) is 0 Å². The van der Waals surface area contributed by atoms with Crippen molar-refractivity contribution in [2.45, 2.75) is 6.42 Å². The molecule has 0 fully saturated rings. The Hall–Kier alpha value is -0.910. The Labute approximate surface area is 72.4 Å². The summed E-state index contributed by atoms with van der Waals surface area (Å²) in [5.74, 6) is 0.966. The standard InChI is InChI=1S/C5H8BrN5/c6-2-1-3-9-4(7)11-5(8)10-3/h1-2H2,(H4,7,8,9,10,11). The van der Waals surface area contributed by atoms with Crippen molar-refractivity contribution in [3.63, 3.8) is 0 Å². The number of alkyl halides is 1. The maximum Gasteiger partial charge on any atom is 0.225 e. The smallest absolute Gasteiger partial charge is 0.225 e. The van der Waals surface area contributed by atoms with Crippen molar-refractivity contribution in [1.82, 2.24) is 15.0 Å². The van der Waals surface area contributed by atoms with E-state index in [2.05, 4.69) is 30.9 Å². The Kier molecular flexibility index (Phi) is 2.58. The first-order valence-corrected chi connectivity index (χ1v) is 4.16. The van der Waals surface area contributed by atoms with Crippen LogP contribution in [0.2, 0.25) is 0 Å². The van der Waals surface area contributed by atoms with Gasteiger partial charge in [-0.2, -0.15) is 15.0 Å². The Morgan fingerprint density at radius 2 is 1.64 bits per heavy atom. The molecule has 5 nitrogen and oxygen atoms in total. The van der Waals surface area contributed by atoms with Crippen LogP contribution in [-0.2, 0) is 6.42 Å². The molecule has 0 aliphatic heterocycles. The van der Waals surface area contributed by atoms with Gasteiger partial charge in [-0.1, -0.05) is 15.9 Å². The van der Waals surface area contributed by atoms with Crippen LogP contribution in [0.4, 0.5) is 11.9 Å². The molecule has 60 valence electrons. The van der Waals surface area contributed by atoms with Gasteiger partial charge < -0.3 is 11.5 Å². The zero-order valence-electron chi connectivity index (χ0n) is 5.79. The van der Waals surface area contributed by atoms with Crippen molar-refractivity contribution in [2.24, 2.45) is 0 Å². The van der Waals surface area contributed by atoms with Crippen molar-refractivity contribution >= 4 is 27.8 Å². The van der Waals surface area contributed by atoms with Crippen molar-refractivity contribution < 1.29 is 0 Å². The first-order chi connectivity index (χ1) is 5.22. The van der Waals surface area contributed by atoms with Gasteiger partial charge in [0.15, 0.2) is 0 Å². The van der Waals surface area contributed by atoms with Gasteiger partial charge in [0.2, 0.25) is 11.9 Å². The topological polar surface area (TPSA) is 90.7 Å². The number of aryl methyl sites for hydroxylation is 1. The van der Waals surface area contributed by atoms with Crippen molar-refractivity contribution in [3.05, 3.63) is 5.82 Å². The normalized spacial score (nSPS) is 9.91. The van der Waals surface area contributed by atoms with Crippen LogP contribution in [0.25, 0.3) is 0 Å². The van der Waals surface area contributed by atoms with E-state index in [9.17, 15) is 0 Å². The molecule has 0 saturated heterocycles. The Morgan fingerprint density at radius 3 is 2.09 bits per heavy atom. The third-order valence-electron chi connectivity index (χ3n) is 1.03. The van der Waals surface area contributed by atoms with E-state index in [0.29, 0.717) is 12.2 Å². The average Bonchev–Trinajstić information content (AvgIpc) is 1.85. The molecule has 1 rings (SSSR count). The highest BCUT2D eigenvalue weighted by Gasteiger charge is 1.99. The van der Waals surface area contributed by atoms with Crippen LogP contribution in [0.1, 0.15) is 5.82 Å². The number of anilines is 2.